The highest BCUT2D eigenvalue weighted by molar-refractivity contribution is 9.11. The Hall–Kier alpha value is -1.81. The van der Waals surface area contributed by atoms with Gasteiger partial charge in [0.1, 0.15) is 5.75 Å². The van der Waals surface area contributed by atoms with Crippen LogP contribution < -0.4 is 4.74 Å². The third-order valence-electron chi connectivity index (χ3n) is 3.82. The summed E-state index contributed by atoms with van der Waals surface area (Å²) in [5.41, 5.74) is 1.32. The number of benzene rings is 2. The first-order valence-corrected chi connectivity index (χ1v) is 10.9. The number of carboxylic acids is 1. The smallest absolute Gasteiger partial charge is 0.341 e. The first-order valence-electron chi connectivity index (χ1n) is 8.08. The van der Waals surface area contributed by atoms with E-state index in [9.17, 15) is 14.4 Å². The topological polar surface area (TPSA) is 83.9 Å². The summed E-state index contributed by atoms with van der Waals surface area (Å²) >= 11 is 13.6. The highest BCUT2D eigenvalue weighted by Crippen LogP contribution is 2.38. The number of ether oxygens (including phenoxy) is 1. The molecule has 0 unspecified atom stereocenters. The fraction of sp³-hybridized carbons (Fsp3) is 0.105. The molecule has 2 amide bonds. The molecule has 150 valence electrons. The number of imide groups is 1. The van der Waals surface area contributed by atoms with Crippen molar-refractivity contribution in [3.63, 3.8) is 0 Å². The first kappa shape index (κ1) is 21.9. The molecular formula is C19H12Br2ClNO5S. The van der Waals surface area contributed by atoms with Gasteiger partial charge in [-0.3, -0.25) is 14.5 Å². The Balaban J connectivity index is 1.82. The van der Waals surface area contributed by atoms with E-state index in [-0.39, 0.29) is 16.7 Å². The largest absolute Gasteiger partial charge is 0.480 e. The Morgan fingerprint density at radius 3 is 2.48 bits per heavy atom. The van der Waals surface area contributed by atoms with Crippen molar-refractivity contribution >= 4 is 78.4 Å². The van der Waals surface area contributed by atoms with Crippen molar-refractivity contribution in [2.24, 2.45) is 0 Å². The second-order valence-electron chi connectivity index (χ2n) is 5.86. The summed E-state index contributed by atoms with van der Waals surface area (Å²) in [6.07, 6.45) is 1.59. The maximum Gasteiger partial charge on any atom is 0.341 e. The predicted molar refractivity (Wildman–Crippen MR) is 118 cm³/mol. The van der Waals surface area contributed by atoms with Crippen molar-refractivity contribution in [2.45, 2.75) is 6.54 Å². The lowest BCUT2D eigenvalue weighted by molar-refractivity contribution is -0.139. The van der Waals surface area contributed by atoms with E-state index in [1.807, 2.05) is 0 Å². The van der Waals surface area contributed by atoms with Gasteiger partial charge in [0.05, 0.1) is 20.4 Å². The van der Waals surface area contributed by atoms with Gasteiger partial charge in [0, 0.05) is 5.02 Å². The maximum atomic E-state index is 12.7. The van der Waals surface area contributed by atoms with Gasteiger partial charge < -0.3 is 9.84 Å². The Bertz CT molecular complexity index is 1020. The van der Waals surface area contributed by atoms with Crippen LogP contribution in [0.25, 0.3) is 6.08 Å². The van der Waals surface area contributed by atoms with E-state index in [1.54, 1.807) is 42.5 Å². The molecule has 0 saturated carbocycles. The summed E-state index contributed by atoms with van der Waals surface area (Å²) in [7, 11) is 0. The Morgan fingerprint density at radius 2 is 1.86 bits per heavy atom. The number of halogens is 3. The van der Waals surface area contributed by atoms with Crippen LogP contribution in [0.1, 0.15) is 11.1 Å². The van der Waals surface area contributed by atoms with Crippen LogP contribution >= 0.6 is 55.2 Å². The fourth-order valence-electron chi connectivity index (χ4n) is 2.52. The van der Waals surface area contributed by atoms with E-state index in [2.05, 4.69) is 31.9 Å². The van der Waals surface area contributed by atoms with Gasteiger partial charge in [-0.05, 0) is 79.0 Å². The number of thioether (sulfide) groups is 1. The fourth-order valence-corrected chi connectivity index (χ4v) is 5.00. The number of carboxylic acid groups (broad SMARTS) is 1. The zero-order chi connectivity index (χ0) is 21.1. The van der Waals surface area contributed by atoms with E-state index >= 15 is 0 Å². The summed E-state index contributed by atoms with van der Waals surface area (Å²) in [6, 6.07) is 10.4. The van der Waals surface area contributed by atoms with Crippen molar-refractivity contribution in [3.8, 4) is 5.75 Å². The molecule has 0 aromatic heterocycles. The average molecular weight is 562 g/mol. The lowest BCUT2D eigenvalue weighted by Gasteiger charge is -2.13. The maximum absolute atomic E-state index is 12.7. The highest BCUT2D eigenvalue weighted by atomic mass is 79.9. The molecule has 1 aliphatic heterocycles. The Morgan fingerprint density at radius 1 is 1.21 bits per heavy atom. The van der Waals surface area contributed by atoms with Crippen LogP contribution in [-0.2, 0) is 16.1 Å². The van der Waals surface area contributed by atoms with Crippen LogP contribution in [0.3, 0.4) is 0 Å². The molecule has 3 rings (SSSR count). The number of hydrogen-bond acceptors (Lipinski definition) is 5. The standard InChI is InChI=1S/C19H12Br2ClNO5S/c20-12-5-10(6-13(21)17(12)28-9-16(24)25)7-15-18(26)23(19(27)29-15)8-11-3-1-2-4-14(11)22/h1-7H,8-9H2,(H,24,25)/b15-7-. The highest BCUT2D eigenvalue weighted by Gasteiger charge is 2.35. The van der Waals surface area contributed by atoms with Gasteiger partial charge in [-0.15, -0.1) is 0 Å². The minimum atomic E-state index is -1.10. The van der Waals surface area contributed by atoms with E-state index < -0.39 is 18.5 Å². The number of aliphatic carboxylic acids is 1. The molecule has 0 radical (unpaired) electrons. The number of carbonyl (C=O) groups excluding carboxylic acids is 2. The van der Waals surface area contributed by atoms with Gasteiger partial charge >= 0.3 is 5.97 Å². The molecule has 29 heavy (non-hydrogen) atoms. The molecule has 0 bridgehead atoms. The minimum absolute atomic E-state index is 0.0943. The van der Waals surface area contributed by atoms with Crippen molar-refractivity contribution < 1.29 is 24.2 Å². The molecule has 1 fully saturated rings. The van der Waals surface area contributed by atoms with Crippen LogP contribution in [0, 0.1) is 0 Å². The predicted octanol–water partition coefficient (Wildman–Crippen LogP) is 5.56. The Labute approximate surface area is 192 Å². The quantitative estimate of drug-likeness (QED) is 0.465. The van der Waals surface area contributed by atoms with Gasteiger partial charge in [-0.2, -0.15) is 0 Å². The third kappa shape index (κ3) is 5.22. The third-order valence-corrected chi connectivity index (χ3v) is 6.27. The number of hydrogen-bond donors (Lipinski definition) is 1. The van der Waals surface area contributed by atoms with Crippen LogP contribution in [-0.4, -0.2) is 33.7 Å². The second-order valence-corrected chi connectivity index (χ2v) is 8.96. The first-order chi connectivity index (χ1) is 13.8. The summed E-state index contributed by atoms with van der Waals surface area (Å²) in [6.45, 7) is -0.394. The van der Waals surface area contributed by atoms with E-state index in [4.69, 9.17) is 21.4 Å². The van der Waals surface area contributed by atoms with E-state index in [0.717, 1.165) is 16.7 Å². The molecule has 1 heterocycles. The minimum Gasteiger partial charge on any atom is -0.480 e. The second kappa shape index (κ2) is 9.34. The Kier molecular flexibility index (Phi) is 7.05. The van der Waals surface area contributed by atoms with Crippen LogP contribution in [0.15, 0.2) is 50.2 Å². The summed E-state index contributed by atoms with van der Waals surface area (Å²) in [5, 5.41) is 8.86. The molecule has 6 nitrogen and oxygen atoms in total. The van der Waals surface area contributed by atoms with Crippen LogP contribution in [0.2, 0.25) is 5.02 Å². The van der Waals surface area contributed by atoms with E-state index in [1.165, 1.54) is 0 Å². The summed E-state index contributed by atoms with van der Waals surface area (Å²) < 4.78 is 6.24. The van der Waals surface area contributed by atoms with Gasteiger partial charge in [0.15, 0.2) is 6.61 Å². The van der Waals surface area contributed by atoms with Gasteiger partial charge in [0.25, 0.3) is 11.1 Å². The summed E-state index contributed by atoms with van der Waals surface area (Å²) in [5.74, 6) is -1.17. The van der Waals surface area contributed by atoms with Gasteiger partial charge in [-0.1, -0.05) is 29.8 Å². The molecule has 0 spiro atoms. The van der Waals surface area contributed by atoms with Crippen molar-refractivity contribution in [3.05, 3.63) is 66.4 Å². The molecule has 1 aliphatic rings. The normalized spacial score (nSPS) is 15.3. The molecule has 1 saturated heterocycles. The van der Waals surface area contributed by atoms with E-state index in [0.29, 0.717) is 30.8 Å². The molecular weight excluding hydrogens is 550 g/mol. The van der Waals surface area contributed by atoms with Crippen LogP contribution in [0.4, 0.5) is 4.79 Å². The average Bonchev–Trinajstić information content (AvgIpc) is 2.90. The molecule has 1 N–H and O–H groups in total. The lowest BCUT2D eigenvalue weighted by atomic mass is 10.2. The van der Waals surface area contributed by atoms with Gasteiger partial charge in [-0.25, -0.2) is 4.79 Å². The van der Waals surface area contributed by atoms with Crippen molar-refractivity contribution in [1.29, 1.82) is 0 Å². The molecule has 0 aliphatic carbocycles. The lowest BCUT2D eigenvalue weighted by Crippen LogP contribution is -2.27. The molecule has 10 heteroatoms. The molecule has 2 aromatic rings. The number of nitrogens with zero attached hydrogens (tertiary/aromatic N) is 1. The van der Waals surface area contributed by atoms with Crippen molar-refractivity contribution in [1.82, 2.24) is 4.90 Å². The number of amides is 2. The van der Waals surface area contributed by atoms with Crippen LogP contribution in [0.5, 0.6) is 5.75 Å². The number of carbonyl (C=O) groups is 3. The number of rotatable bonds is 6. The SMILES string of the molecule is O=C(O)COc1c(Br)cc(/C=C2\SC(=O)N(Cc3ccccc3Cl)C2=O)cc1Br. The zero-order valence-corrected chi connectivity index (χ0v) is 19.3. The van der Waals surface area contributed by atoms with Gasteiger partial charge in [0.2, 0.25) is 0 Å². The zero-order valence-electron chi connectivity index (χ0n) is 14.5. The molecule has 2 aromatic carbocycles. The molecule has 0 atom stereocenters. The monoisotopic (exact) mass is 559 g/mol. The summed E-state index contributed by atoms with van der Waals surface area (Å²) in [4.78, 5) is 37.2. The van der Waals surface area contributed by atoms with Crippen molar-refractivity contribution in [2.75, 3.05) is 6.61 Å².